The van der Waals surface area contributed by atoms with Crippen LogP contribution in [-0.4, -0.2) is 35.9 Å². The minimum Gasteiger partial charge on any atom is -0.325 e. The van der Waals surface area contributed by atoms with Crippen molar-refractivity contribution in [1.82, 2.24) is 9.88 Å². The first-order chi connectivity index (χ1) is 10.5. The zero-order valence-corrected chi connectivity index (χ0v) is 13.5. The maximum absolute atomic E-state index is 12.1. The molecule has 2 rings (SSSR count). The lowest BCUT2D eigenvalue weighted by Crippen LogP contribution is -2.31. The maximum Gasteiger partial charge on any atom is 0.238 e. The third-order valence-corrected chi connectivity index (χ3v) is 3.60. The Balaban J connectivity index is 1.81. The van der Waals surface area contributed by atoms with Gasteiger partial charge in [0.1, 0.15) is 0 Å². The number of carbonyl (C=O) groups excluding carboxylic acids is 1. The highest BCUT2D eigenvalue weighted by molar-refractivity contribution is 5.92. The second-order valence-electron chi connectivity index (χ2n) is 5.71. The van der Waals surface area contributed by atoms with Crippen molar-refractivity contribution in [2.24, 2.45) is 0 Å². The molecule has 0 spiro atoms. The first-order valence-electron chi connectivity index (χ1n) is 7.49. The van der Waals surface area contributed by atoms with E-state index >= 15 is 0 Å². The van der Waals surface area contributed by atoms with Crippen LogP contribution in [0, 0.1) is 13.8 Å². The number of pyridine rings is 1. The number of aromatic nitrogens is 1. The van der Waals surface area contributed by atoms with Crippen LogP contribution in [-0.2, 0) is 11.2 Å². The number of nitrogens with one attached hydrogen (secondary N) is 1. The van der Waals surface area contributed by atoms with Crippen molar-refractivity contribution in [2.75, 3.05) is 25.5 Å². The molecule has 0 saturated heterocycles. The van der Waals surface area contributed by atoms with Crippen molar-refractivity contribution < 1.29 is 4.79 Å². The Labute approximate surface area is 132 Å². The van der Waals surface area contributed by atoms with Gasteiger partial charge in [-0.25, -0.2) is 0 Å². The van der Waals surface area contributed by atoms with Gasteiger partial charge in [-0.2, -0.15) is 0 Å². The minimum absolute atomic E-state index is 0.0178. The number of rotatable bonds is 6. The quantitative estimate of drug-likeness (QED) is 0.892. The smallest absolute Gasteiger partial charge is 0.238 e. The molecular formula is C18H23N3O. The molecule has 0 fully saturated rings. The zero-order chi connectivity index (χ0) is 15.9. The molecule has 0 atom stereocenters. The molecule has 0 bridgehead atoms. The monoisotopic (exact) mass is 297 g/mol. The predicted octanol–water partition coefficient (Wildman–Crippen LogP) is 2.81. The molecule has 22 heavy (non-hydrogen) atoms. The SMILES string of the molecule is Cc1ccc(NC(=O)CN(C)CCc2ccncc2)c(C)c1. The number of nitrogens with zero attached hydrogens (tertiary/aromatic N) is 2. The molecular weight excluding hydrogens is 274 g/mol. The van der Waals surface area contributed by atoms with E-state index in [9.17, 15) is 4.79 Å². The fourth-order valence-corrected chi connectivity index (χ4v) is 2.34. The molecule has 0 unspecified atom stereocenters. The van der Waals surface area contributed by atoms with E-state index in [1.165, 1.54) is 11.1 Å². The van der Waals surface area contributed by atoms with E-state index in [0.29, 0.717) is 6.54 Å². The third kappa shape index (κ3) is 4.97. The average Bonchev–Trinajstić information content (AvgIpc) is 2.49. The van der Waals surface area contributed by atoms with Gasteiger partial charge in [-0.05, 0) is 56.6 Å². The van der Waals surface area contributed by atoms with Gasteiger partial charge in [-0.3, -0.25) is 14.7 Å². The molecule has 4 heteroatoms. The standard InChI is InChI=1S/C18H23N3O/c1-14-4-5-17(15(2)12-14)20-18(22)13-21(3)11-8-16-6-9-19-10-7-16/h4-7,9-10,12H,8,11,13H2,1-3H3,(H,20,22). The molecule has 4 nitrogen and oxygen atoms in total. The van der Waals surface area contributed by atoms with Crippen LogP contribution in [0.4, 0.5) is 5.69 Å². The van der Waals surface area contributed by atoms with Crippen LogP contribution in [0.5, 0.6) is 0 Å². The number of aryl methyl sites for hydroxylation is 2. The summed E-state index contributed by atoms with van der Waals surface area (Å²) in [7, 11) is 1.96. The Morgan fingerprint density at radius 3 is 2.59 bits per heavy atom. The summed E-state index contributed by atoms with van der Waals surface area (Å²) >= 11 is 0. The molecule has 1 aromatic heterocycles. The van der Waals surface area contributed by atoms with Crippen molar-refractivity contribution in [3.8, 4) is 0 Å². The molecule has 1 aromatic carbocycles. The summed E-state index contributed by atoms with van der Waals surface area (Å²) in [6, 6.07) is 10.0. The summed E-state index contributed by atoms with van der Waals surface area (Å²) < 4.78 is 0. The number of carbonyl (C=O) groups is 1. The van der Waals surface area contributed by atoms with Crippen LogP contribution < -0.4 is 5.32 Å². The van der Waals surface area contributed by atoms with E-state index < -0.39 is 0 Å². The van der Waals surface area contributed by atoms with Gasteiger partial charge >= 0.3 is 0 Å². The summed E-state index contributed by atoms with van der Waals surface area (Å²) in [6.45, 7) is 5.28. The molecule has 1 amide bonds. The first-order valence-corrected chi connectivity index (χ1v) is 7.49. The van der Waals surface area contributed by atoms with Crippen molar-refractivity contribution in [1.29, 1.82) is 0 Å². The Hall–Kier alpha value is -2.20. The fraction of sp³-hybridized carbons (Fsp3) is 0.333. The van der Waals surface area contributed by atoms with E-state index in [2.05, 4.69) is 16.4 Å². The van der Waals surface area contributed by atoms with Gasteiger partial charge in [0.2, 0.25) is 5.91 Å². The predicted molar refractivity (Wildman–Crippen MR) is 90.0 cm³/mol. The third-order valence-electron chi connectivity index (χ3n) is 3.60. The average molecular weight is 297 g/mol. The topological polar surface area (TPSA) is 45.2 Å². The van der Waals surface area contributed by atoms with E-state index in [1.807, 2.05) is 50.1 Å². The van der Waals surface area contributed by atoms with Crippen molar-refractivity contribution in [3.05, 3.63) is 59.4 Å². The van der Waals surface area contributed by atoms with E-state index in [-0.39, 0.29) is 5.91 Å². The normalized spacial score (nSPS) is 10.7. The van der Waals surface area contributed by atoms with Crippen molar-refractivity contribution in [2.45, 2.75) is 20.3 Å². The van der Waals surface area contributed by atoms with Gasteiger partial charge in [-0.15, -0.1) is 0 Å². The molecule has 0 aliphatic heterocycles. The summed E-state index contributed by atoms with van der Waals surface area (Å²) in [6.07, 6.45) is 4.50. The molecule has 2 aromatic rings. The molecule has 0 saturated carbocycles. The minimum atomic E-state index is 0.0178. The zero-order valence-electron chi connectivity index (χ0n) is 13.5. The number of amides is 1. The lowest BCUT2D eigenvalue weighted by Gasteiger charge is -2.17. The highest BCUT2D eigenvalue weighted by Gasteiger charge is 2.08. The lowest BCUT2D eigenvalue weighted by molar-refractivity contribution is -0.117. The first kappa shape index (κ1) is 16.2. The van der Waals surface area contributed by atoms with Crippen LogP contribution in [0.15, 0.2) is 42.7 Å². The Morgan fingerprint density at radius 2 is 1.91 bits per heavy atom. The number of likely N-dealkylation sites (N-methyl/N-ethyl adjacent to an activating group) is 1. The maximum atomic E-state index is 12.1. The van der Waals surface area contributed by atoms with E-state index in [0.717, 1.165) is 24.2 Å². The molecule has 116 valence electrons. The largest absolute Gasteiger partial charge is 0.325 e. The molecule has 1 heterocycles. The number of anilines is 1. The summed E-state index contributed by atoms with van der Waals surface area (Å²) in [5.74, 6) is 0.0178. The molecule has 0 aliphatic carbocycles. The van der Waals surface area contributed by atoms with Gasteiger partial charge in [0.15, 0.2) is 0 Å². The lowest BCUT2D eigenvalue weighted by atomic mass is 10.1. The van der Waals surface area contributed by atoms with E-state index in [1.54, 1.807) is 12.4 Å². The summed E-state index contributed by atoms with van der Waals surface area (Å²) in [5.41, 5.74) is 4.41. The Bertz CT molecular complexity index is 625. The second kappa shape index (κ2) is 7.71. The number of hydrogen-bond acceptors (Lipinski definition) is 3. The van der Waals surface area contributed by atoms with Gasteiger partial charge in [0.05, 0.1) is 6.54 Å². The number of hydrogen-bond donors (Lipinski definition) is 1. The van der Waals surface area contributed by atoms with Crippen molar-refractivity contribution >= 4 is 11.6 Å². The van der Waals surface area contributed by atoms with Crippen LogP contribution in [0.1, 0.15) is 16.7 Å². The van der Waals surface area contributed by atoms with Gasteiger partial charge < -0.3 is 5.32 Å². The van der Waals surface area contributed by atoms with Crippen molar-refractivity contribution in [3.63, 3.8) is 0 Å². The Kier molecular flexibility index (Phi) is 5.67. The second-order valence-corrected chi connectivity index (χ2v) is 5.71. The van der Waals surface area contributed by atoms with Gasteiger partial charge in [-0.1, -0.05) is 17.7 Å². The summed E-state index contributed by atoms with van der Waals surface area (Å²) in [4.78, 5) is 18.1. The van der Waals surface area contributed by atoms with Crippen LogP contribution in [0.2, 0.25) is 0 Å². The van der Waals surface area contributed by atoms with Gasteiger partial charge in [0.25, 0.3) is 0 Å². The molecule has 1 N–H and O–H groups in total. The Morgan fingerprint density at radius 1 is 1.18 bits per heavy atom. The van der Waals surface area contributed by atoms with Crippen LogP contribution in [0.3, 0.4) is 0 Å². The van der Waals surface area contributed by atoms with Gasteiger partial charge in [0, 0.05) is 24.6 Å². The van der Waals surface area contributed by atoms with E-state index in [4.69, 9.17) is 0 Å². The fourth-order valence-electron chi connectivity index (χ4n) is 2.34. The highest BCUT2D eigenvalue weighted by atomic mass is 16.2. The summed E-state index contributed by atoms with van der Waals surface area (Å²) in [5, 5.41) is 2.98. The highest BCUT2D eigenvalue weighted by Crippen LogP contribution is 2.15. The number of benzene rings is 1. The molecule has 0 radical (unpaired) electrons. The molecule has 0 aliphatic rings. The van der Waals surface area contributed by atoms with Crippen LogP contribution >= 0.6 is 0 Å². The van der Waals surface area contributed by atoms with Crippen LogP contribution in [0.25, 0.3) is 0 Å².